The molecule has 2 aromatic heterocycles. The normalized spacial score (nSPS) is 11.5. The van der Waals surface area contributed by atoms with E-state index in [2.05, 4.69) is 20.6 Å². The highest BCUT2D eigenvalue weighted by Crippen LogP contribution is 2.31. The van der Waals surface area contributed by atoms with Crippen LogP contribution in [0.2, 0.25) is 10.0 Å². The number of para-hydroxylation sites is 1. The second-order valence-electron chi connectivity index (χ2n) is 6.87. The van der Waals surface area contributed by atoms with E-state index in [1.807, 2.05) is 0 Å². The van der Waals surface area contributed by atoms with Gasteiger partial charge in [0.15, 0.2) is 11.5 Å². The Kier molecular flexibility index (Phi) is 6.00. The number of aromatic nitrogens is 5. The standard InChI is InChI=1S/C20H14Cl2F3N7O/c21-13-2-1-3-14(22)17(13)32-8-15(16(30-32)18(26)33)28-12-6-4-11(5-7-12)19-29-27-10-31(19)9-20(23,24)25/h1-8,10,28H,9H2,(H2,26,33). The van der Waals surface area contributed by atoms with E-state index in [0.717, 1.165) is 10.9 Å². The van der Waals surface area contributed by atoms with Gasteiger partial charge in [-0.2, -0.15) is 18.3 Å². The number of halogens is 5. The molecule has 0 aliphatic rings. The van der Waals surface area contributed by atoms with E-state index in [1.54, 1.807) is 42.5 Å². The van der Waals surface area contributed by atoms with Gasteiger partial charge in [0.05, 0.1) is 21.9 Å². The zero-order chi connectivity index (χ0) is 23.8. The van der Waals surface area contributed by atoms with Crippen LogP contribution >= 0.6 is 23.2 Å². The molecule has 2 heterocycles. The van der Waals surface area contributed by atoms with Gasteiger partial charge in [-0.25, -0.2) is 4.68 Å². The molecule has 8 nitrogen and oxygen atoms in total. The topological polar surface area (TPSA) is 104 Å². The first-order valence-electron chi connectivity index (χ1n) is 9.28. The Bertz CT molecular complexity index is 1300. The summed E-state index contributed by atoms with van der Waals surface area (Å²) >= 11 is 12.4. The van der Waals surface area contributed by atoms with Gasteiger partial charge in [-0.15, -0.1) is 10.2 Å². The molecule has 0 saturated carbocycles. The fourth-order valence-electron chi connectivity index (χ4n) is 3.12. The number of amides is 1. The summed E-state index contributed by atoms with van der Waals surface area (Å²) in [6, 6.07) is 11.3. The molecule has 170 valence electrons. The number of rotatable bonds is 6. The first kappa shape index (κ1) is 22.6. The van der Waals surface area contributed by atoms with Crippen LogP contribution < -0.4 is 11.1 Å². The van der Waals surface area contributed by atoms with Crippen molar-refractivity contribution < 1.29 is 18.0 Å². The van der Waals surface area contributed by atoms with Crippen molar-refractivity contribution in [3.63, 3.8) is 0 Å². The first-order chi connectivity index (χ1) is 15.6. The van der Waals surface area contributed by atoms with Gasteiger partial charge in [0, 0.05) is 11.3 Å². The van der Waals surface area contributed by atoms with Crippen molar-refractivity contribution in [1.82, 2.24) is 24.5 Å². The van der Waals surface area contributed by atoms with E-state index >= 15 is 0 Å². The highest BCUT2D eigenvalue weighted by Gasteiger charge is 2.29. The van der Waals surface area contributed by atoms with Crippen LogP contribution in [-0.4, -0.2) is 36.6 Å². The number of carbonyl (C=O) groups is 1. The number of alkyl halides is 3. The fraction of sp³-hybridized carbons (Fsp3) is 0.100. The van der Waals surface area contributed by atoms with E-state index in [1.165, 1.54) is 10.9 Å². The second kappa shape index (κ2) is 8.75. The van der Waals surface area contributed by atoms with Gasteiger partial charge >= 0.3 is 6.18 Å². The number of nitrogens with zero attached hydrogens (tertiary/aromatic N) is 5. The minimum atomic E-state index is -4.41. The molecule has 4 aromatic rings. The Balaban J connectivity index is 1.62. The van der Waals surface area contributed by atoms with Gasteiger partial charge in [-0.05, 0) is 36.4 Å². The van der Waals surface area contributed by atoms with E-state index in [4.69, 9.17) is 28.9 Å². The van der Waals surface area contributed by atoms with Gasteiger partial charge in [-0.1, -0.05) is 29.3 Å². The van der Waals surface area contributed by atoms with Crippen molar-refractivity contribution in [1.29, 1.82) is 0 Å². The maximum absolute atomic E-state index is 12.8. The monoisotopic (exact) mass is 495 g/mol. The van der Waals surface area contributed by atoms with Crippen LogP contribution in [0.3, 0.4) is 0 Å². The molecule has 2 aromatic carbocycles. The van der Waals surface area contributed by atoms with Crippen molar-refractivity contribution in [3.05, 3.63) is 70.7 Å². The molecule has 0 aliphatic carbocycles. The molecule has 0 fully saturated rings. The fourth-order valence-corrected chi connectivity index (χ4v) is 3.69. The maximum Gasteiger partial charge on any atom is 0.406 e. The molecule has 0 unspecified atom stereocenters. The number of hydrogen-bond donors (Lipinski definition) is 2. The third-order valence-corrected chi connectivity index (χ3v) is 5.11. The van der Waals surface area contributed by atoms with E-state index in [9.17, 15) is 18.0 Å². The lowest BCUT2D eigenvalue weighted by Gasteiger charge is -2.10. The summed E-state index contributed by atoms with van der Waals surface area (Å²) in [6.07, 6.45) is -1.89. The van der Waals surface area contributed by atoms with Crippen molar-refractivity contribution >= 4 is 40.5 Å². The molecular formula is C20H14Cl2F3N7O. The van der Waals surface area contributed by atoms with Crippen LogP contribution in [0.4, 0.5) is 24.5 Å². The lowest BCUT2D eigenvalue weighted by molar-refractivity contribution is -0.140. The Morgan fingerprint density at radius 2 is 1.76 bits per heavy atom. The van der Waals surface area contributed by atoms with Crippen LogP contribution in [0.25, 0.3) is 17.1 Å². The van der Waals surface area contributed by atoms with Crippen molar-refractivity contribution in [2.24, 2.45) is 5.73 Å². The average Bonchev–Trinajstić information content (AvgIpc) is 3.34. The highest BCUT2D eigenvalue weighted by atomic mass is 35.5. The van der Waals surface area contributed by atoms with E-state index in [0.29, 0.717) is 27.0 Å². The Morgan fingerprint density at radius 1 is 1.09 bits per heavy atom. The summed E-state index contributed by atoms with van der Waals surface area (Å²) in [5.74, 6) is -0.714. The van der Waals surface area contributed by atoms with E-state index < -0.39 is 18.6 Å². The number of primary amides is 1. The summed E-state index contributed by atoms with van der Waals surface area (Å²) < 4.78 is 40.5. The van der Waals surface area contributed by atoms with Crippen molar-refractivity contribution in [2.45, 2.75) is 12.7 Å². The van der Waals surface area contributed by atoms with Crippen LogP contribution in [-0.2, 0) is 6.54 Å². The molecule has 33 heavy (non-hydrogen) atoms. The molecule has 1 amide bonds. The van der Waals surface area contributed by atoms with Crippen molar-refractivity contribution in [3.8, 4) is 17.1 Å². The van der Waals surface area contributed by atoms with Crippen LogP contribution in [0.15, 0.2) is 55.0 Å². The Labute approximate surface area is 194 Å². The maximum atomic E-state index is 12.8. The van der Waals surface area contributed by atoms with Crippen LogP contribution in [0, 0.1) is 0 Å². The average molecular weight is 496 g/mol. The largest absolute Gasteiger partial charge is 0.406 e. The molecule has 0 bridgehead atoms. The predicted molar refractivity (Wildman–Crippen MR) is 117 cm³/mol. The minimum Gasteiger partial charge on any atom is -0.364 e. The van der Waals surface area contributed by atoms with Gasteiger partial charge in [0.25, 0.3) is 5.91 Å². The van der Waals surface area contributed by atoms with Crippen LogP contribution in [0.1, 0.15) is 10.5 Å². The SMILES string of the molecule is NC(=O)c1nn(-c2c(Cl)cccc2Cl)cc1Nc1ccc(-c2nncn2CC(F)(F)F)cc1. The number of nitrogens with one attached hydrogen (secondary N) is 1. The van der Waals surface area contributed by atoms with E-state index in [-0.39, 0.29) is 17.2 Å². The van der Waals surface area contributed by atoms with Gasteiger partial charge in [-0.3, -0.25) is 4.79 Å². The molecule has 4 rings (SSSR count). The second-order valence-corrected chi connectivity index (χ2v) is 7.68. The molecule has 3 N–H and O–H groups in total. The van der Waals surface area contributed by atoms with Gasteiger partial charge in [0.2, 0.25) is 0 Å². The zero-order valence-corrected chi connectivity index (χ0v) is 18.0. The molecule has 0 aliphatic heterocycles. The first-order valence-corrected chi connectivity index (χ1v) is 10.0. The molecular weight excluding hydrogens is 482 g/mol. The third-order valence-electron chi connectivity index (χ3n) is 4.50. The number of carbonyl (C=O) groups excluding carboxylic acids is 1. The molecule has 0 atom stereocenters. The molecule has 0 radical (unpaired) electrons. The lowest BCUT2D eigenvalue weighted by Crippen LogP contribution is -2.17. The van der Waals surface area contributed by atoms with Crippen LogP contribution in [0.5, 0.6) is 0 Å². The number of hydrogen-bond acceptors (Lipinski definition) is 5. The molecule has 13 heteroatoms. The number of benzene rings is 2. The summed E-state index contributed by atoms with van der Waals surface area (Å²) in [5.41, 5.74) is 7.01. The highest BCUT2D eigenvalue weighted by molar-refractivity contribution is 6.37. The van der Waals surface area contributed by atoms with Crippen molar-refractivity contribution in [2.75, 3.05) is 5.32 Å². The lowest BCUT2D eigenvalue weighted by atomic mass is 10.2. The number of anilines is 2. The summed E-state index contributed by atoms with van der Waals surface area (Å²) in [4.78, 5) is 11.9. The quantitative estimate of drug-likeness (QED) is 0.398. The Hall–Kier alpha value is -3.57. The third kappa shape index (κ3) is 4.94. The number of nitrogens with two attached hydrogens (primary N) is 1. The zero-order valence-electron chi connectivity index (χ0n) is 16.5. The predicted octanol–water partition coefficient (Wildman–Crippen LogP) is 4.84. The molecule has 0 spiro atoms. The minimum absolute atomic E-state index is 0.0556. The smallest absolute Gasteiger partial charge is 0.364 e. The summed E-state index contributed by atoms with van der Waals surface area (Å²) in [5, 5.41) is 15.2. The molecule has 0 saturated heterocycles. The summed E-state index contributed by atoms with van der Waals surface area (Å²) in [6.45, 7) is -1.21. The summed E-state index contributed by atoms with van der Waals surface area (Å²) in [7, 11) is 0. The van der Waals surface area contributed by atoms with Gasteiger partial charge in [0.1, 0.15) is 18.6 Å². The Morgan fingerprint density at radius 3 is 2.36 bits per heavy atom. The van der Waals surface area contributed by atoms with Gasteiger partial charge < -0.3 is 15.6 Å².